The predicted octanol–water partition coefficient (Wildman–Crippen LogP) is 1.56. The van der Waals surface area contributed by atoms with Crippen molar-refractivity contribution >= 4 is 17.8 Å². The lowest BCUT2D eigenvalue weighted by molar-refractivity contribution is -0.142. The van der Waals surface area contributed by atoms with Gasteiger partial charge in [-0.15, -0.1) is 0 Å². The van der Waals surface area contributed by atoms with Gasteiger partial charge in [-0.25, -0.2) is 0 Å². The first kappa shape index (κ1) is 20.4. The van der Waals surface area contributed by atoms with Crippen LogP contribution in [0.2, 0.25) is 0 Å². The number of carbonyl (C=O) groups is 3. The van der Waals surface area contributed by atoms with E-state index in [0.717, 1.165) is 0 Å². The zero-order chi connectivity index (χ0) is 20.8. The summed E-state index contributed by atoms with van der Waals surface area (Å²) < 4.78 is 15.2. The Hall–Kier alpha value is -3.36. The summed E-state index contributed by atoms with van der Waals surface area (Å²) in [5, 5.41) is 6.50. The molecule has 0 saturated heterocycles. The molecule has 1 aliphatic heterocycles. The second kappa shape index (κ2) is 9.22. The number of hydrogen-bond donors (Lipinski definition) is 1. The lowest BCUT2D eigenvalue weighted by Crippen LogP contribution is -2.37. The fraction of sp³-hybridized carbons (Fsp3) is 0.400. The average Bonchev–Trinajstić information content (AvgIpc) is 3.16. The fourth-order valence-corrected chi connectivity index (χ4v) is 3.07. The largest absolute Gasteiger partial charge is 0.497 e. The maximum absolute atomic E-state index is 12.8. The van der Waals surface area contributed by atoms with Gasteiger partial charge in [0.05, 0.1) is 26.7 Å². The number of ether oxygens (including phenoxy) is 2. The van der Waals surface area contributed by atoms with E-state index in [9.17, 15) is 14.4 Å². The number of aromatic nitrogens is 1. The van der Waals surface area contributed by atoms with Crippen LogP contribution >= 0.6 is 0 Å². The molecule has 29 heavy (non-hydrogen) atoms. The first-order chi connectivity index (χ1) is 14.0. The van der Waals surface area contributed by atoms with Gasteiger partial charge in [0.1, 0.15) is 11.5 Å². The second-order valence-corrected chi connectivity index (χ2v) is 6.45. The summed E-state index contributed by atoms with van der Waals surface area (Å²) in [5.74, 6) is 0.292. The summed E-state index contributed by atoms with van der Waals surface area (Å²) in [6.07, 6.45) is 0.544. The van der Waals surface area contributed by atoms with Crippen molar-refractivity contribution < 1.29 is 28.4 Å². The van der Waals surface area contributed by atoms with E-state index in [1.54, 1.807) is 43.2 Å². The van der Waals surface area contributed by atoms with E-state index >= 15 is 0 Å². The van der Waals surface area contributed by atoms with E-state index in [1.807, 2.05) is 0 Å². The van der Waals surface area contributed by atoms with E-state index in [-0.39, 0.29) is 37.1 Å². The van der Waals surface area contributed by atoms with E-state index in [1.165, 1.54) is 0 Å². The molecule has 0 radical (unpaired) electrons. The number of fused-ring (bicyclic) bond motifs is 1. The highest BCUT2D eigenvalue weighted by molar-refractivity contribution is 5.96. The summed E-state index contributed by atoms with van der Waals surface area (Å²) in [6, 6.07) is 6.86. The van der Waals surface area contributed by atoms with Crippen LogP contribution in [-0.2, 0) is 22.5 Å². The van der Waals surface area contributed by atoms with E-state index in [2.05, 4.69) is 10.5 Å². The molecule has 0 aliphatic carbocycles. The number of nitrogens with zero attached hydrogens (tertiary/aromatic N) is 2. The topological polar surface area (TPSA) is 111 Å². The van der Waals surface area contributed by atoms with Crippen LogP contribution in [0, 0.1) is 0 Å². The molecule has 0 bridgehead atoms. The minimum Gasteiger partial charge on any atom is -0.497 e. The Labute approximate surface area is 167 Å². The molecule has 1 aromatic carbocycles. The van der Waals surface area contributed by atoms with Crippen LogP contribution in [0.3, 0.4) is 0 Å². The van der Waals surface area contributed by atoms with Crippen LogP contribution < -0.4 is 10.1 Å². The molecular formula is C20H23N3O6. The van der Waals surface area contributed by atoms with Crippen LogP contribution in [0.5, 0.6) is 5.75 Å². The van der Waals surface area contributed by atoms with Gasteiger partial charge in [-0.3, -0.25) is 14.4 Å². The molecule has 3 rings (SSSR count). The van der Waals surface area contributed by atoms with Gasteiger partial charge < -0.3 is 24.2 Å². The quantitative estimate of drug-likeness (QED) is 0.701. The molecule has 2 amide bonds. The molecule has 0 saturated carbocycles. The third-order valence-corrected chi connectivity index (χ3v) is 4.59. The summed E-state index contributed by atoms with van der Waals surface area (Å²) in [5.41, 5.74) is 1.26. The Morgan fingerprint density at radius 3 is 2.69 bits per heavy atom. The molecule has 154 valence electrons. The highest BCUT2D eigenvalue weighted by Gasteiger charge is 2.30. The highest BCUT2D eigenvalue weighted by atomic mass is 16.5. The smallest absolute Gasteiger partial charge is 0.307 e. The van der Waals surface area contributed by atoms with Crippen LogP contribution in [0.15, 0.2) is 28.8 Å². The third-order valence-electron chi connectivity index (χ3n) is 4.59. The number of benzene rings is 1. The molecule has 1 N–H and O–H groups in total. The van der Waals surface area contributed by atoms with Crippen LogP contribution in [0.1, 0.15) is 45.5 Å². The Morgan fingerprint density at radius 2 is 2.00 bits per heavy atom. The van der Waals surface area contributed by atoms with Crippen molar-refractivity contribution in [2.75, 3.05) is 26.8 Å². The number of hydrogen-bond acceptors (Lipinski definition) is 7. The molecule has 9 nitrogen and oxygen atoms in total. The summed E-state index contributed by atoms with van der Waals surface area (Å²) >= 11 is 0. The van der Waals surface area contributed by atoms with Gasteiger partial charge >= 0.3 is 5.97 Å². The lowest BCUT2D eigenvalue weighted by Gasteiger charge is -2.26. The summed E-state index contributed by atoms with van der Waals surface area (Å²) in [4.78, 5) is 38.3. The van der Waals surface area contributed by atoms with Crippen molar-refractivity contribution in [1.82, 2.24) is 15.4 Å². The van der Waals surface area contributed by atoms with Gasteiger partial charge in [0.2, 0.25) is 0 Å². The normalized spacial score (nSPS) is 12.8. The number of carbonyl (C=O) groups excluding carboxylic acids is 3. The minimum atomic E-state index is -0.446. The zero-order valence-electron chi connectivity index (χ0n) is 16.4. The van der Waals surface area contributed by atoms with Gasteiger partial charge in [0.25, 0.3) is 11.8 Å². The average molecular weight is 401 g/mol. The Morgan fingerprint density at radius 1 is 1.24 bits per heavy atom. The van der Waals surface area contributed by atoms with Gasteiger partial charge in [0, 0.05) is 30.6 Å². The molecule has 0 fully saturated rings. The fourth-order valence-electron chi connectivity index (χ4n) is 3.07. The van der Waals surface area contributed by atoms with E-state index in [0.29, 0.717) is 42.2 Å². The summed E-state index contributed by atoms with van der Waals surface area (Å²) in [6.45, 7) is 2.84. The van der Waals surface area contributed by atoms with Gasteiger partial charge in [0.15, 0.2) is 5.69 Å². The molecule has 1 aliphatic rings. The monoisotopic (exact) mass is 401 g/mol. The number of amides is 2. The Kier molecular flexibility index (Phi) is 6.48. The third kappa shape index (κ3) is 4.74. The number of methoxy groups -OCH3 is 1. The van der Waals surface area contributed by atoms with Crippen molar-refractivity contribution in [3.8, 4) is 5.75 Å². The molecule has 1 aromatic heterocycles. The van der Waals surface area contributed by atoms with Crippen molar-refractivity contribution in [1.29, 1.82) is 0 Å². The SMILES string of the molecule is CCOC(=O)CCNC(=O)c1noc2c1CN(C(=O)c1ccc(OC)cc1)CC2. The van der Waals surface area contributed by atoms with Crippen molar-refractivity contribution in [3.05, 3.63) is 46.8 Å². The number of rotatable bonds is 7. The first-order valence-electron chi connectivity index (χ1n) is 9.38. The minimum absolute atomic E-state index is 0.0711. The number of nitrogens with one attached hydrogen (secondary N) is 1. The standard InChI is InChI=1S/C20H23N3O6/c1-3-28-17(24)8-10-21-19(25)18-15-12-23(11-9-16(15)29-22-18)20(26)13-4-6-14(27-2)7-5-13/h4-7H,3,8-12H2,1-2H3,(H,21,25). The maximum atomic E-state index is 12.8. The van der Waals surface area contributed by atoms with Crippen LogP contribution in [0.4, 0.5) is 0 Å². The highest BCUT2D eigenvalue weighted by Crippen LogP contribution is 2.24. The Balaban J connectivity index is 1.65. The summed E-state index contributed by atoms with van der Waals surface area (Å²) in [7, 11) is 1.56. The molecule has 0 unspecified atom stereocenters. The van der Waals surface area contributed by atoms with Crippen LogP contribution in [0.25, 0.3) is 0 Å². The Bertz CT molecular complexity index is 890. The van der Waals surface area contributed by atoms with E-state index in [4.69, 9.17) is 14.0 Å². The number of esters is 1. The second-order valence-electron chi connectivity index (χ2n) is 6.45. The predicted molar refractivity (Wildman–Crippen MR) is 102 cm³/mol. The van der Waals surface area contributed by atoms with Gasteiger partial charge in [-0.2, -0.15) is 0 Å². The van der Waals surface area contributed by atoms with Crippen molar-refractivity contribution in [2.24, 2.45) is 0 Å². The molecule has 2 heterocycles. The molecular weight excluding hydrogens is 378 g/mol. The zero-order valence-corrected chi connectivity index (χ0v) is 16.4. The van der Waals surface area contributed by atoms with Gasteiger partial charge in [-0.05, 0) is 31.2 Å². The molecule has 9 heteroatoms. The molecule has 2 aromatic rings. The molecule has 0 spiro atoms. The van der Waals surface area contributed by atoms with Crippen LogP contribution in [-0.4, -0.2) is 54.6 Å². The maximum Gasteiger partial charge on any atom is 0.307 e. The van der Waals surface area contributed by atoms with Gasteiger partial charge in [-0.1, -0.05) is 5.16 Å². The molecule has 0 atom stereocenters. The van der Waals surface area contributed by atoms with Crippen molar-refractivity contribution in [2.45, 2.75) is 26.3 Å². The van der Waals surface area contributed by atoms with E-state index < -0.39 is 5.91 Å². The first-order valence-corrected chi connectivity index (χ1v) is 9.38. The lowest BCUT2D eigenvalue weighted by atomic mass is 10.0. The van der Waals surface area contributed by atoms with Crippen molar-refractivity contribution in [3.63, 3.8) is 0 Å².